The van der Waals surface area contributed by atoms with Gasteiger partial charge in [-0.05, 0) is 36.4 Å². The molecule has 2 N–H and O–H groups in total. The van der Waals surface area contributed by atoms with Gasteiger partial charge in [0.1, 0.15) is 5.82 Å². The number of nitrogens with zero attached hydrogens (tertiary/aromatic N) is 4. The molecule has 0 radical (unpaired) electrons. The first-order chi connectivity index (χ1) is 8.78. The smallest absolute Gasteiger partial charge is 0.177 e. The van der Waals surface area contributed by atoms with E-state index in [4.69, 9.17) is 5.73 Å². The fourth-order valence-electron chi connectivity index (χ4n) is 1.74. The fourth-order valence-corrected chi connectivity index (χ4v) is 1.74. The van der Waals surface area contributed by atoms with Gasteiger partial charge in [0.2, 0.25) is 0 Å². The molecule has 0 fully saturated rings. The van der Waals surface area contributed by atoms with Gasteiger partial charge in [0.25, 0.3) is 0 Å². The van der Waals surface area contributed by atoms with E-state index in [1.54, 1.807) is 22.7 Å². The predicted octanol–water partition coefficient (Wildman–Crippen LogP) is 1.39. The first kappa shape index (κ1) is 10.8. The molecule has 0 aliphatic carbocycles. The van der Waals surface area contributed by atoms with Crippen LogP contribution in [0.5, 0.6) is 0 Å². The predicted molar refractivity (Wildman–Crippen MR) is 64.1 cm³/mol. The van der Waals surface area contributed by atoms with Gasteiger partial charge in [0, 0.05) is 5.56 Å². The van der Waals surface area contributed by atoms with Crippen LogP contribution in [-0.2, 0) is 6.54 Å². The molecule has 0 amide bonds. The lowest BCUT2D eigenvalue weighted by Crippen LogP contribution is -2.05. The van der Waals surface area contributed by atoms with Crippen LogP contribution in [0.15, 0.2) is 36.4 Å². The maximum Gasteiger partial charge on any atom is 0.177 e. The third-order valence-corrected chi connectivity index (χ3v) is 2.65. The second-order valence-electron chi connectivity index (χ2n) is 3.82. The number of halogens is 1. The Bertz CT molecular complexity index is 689. The minimum atomic E-state index is -0.272. The minimum Gasteiger partial charge on any atom is -0.324 e. The van der Waals surface area contributed by atoms with E-state index in [-0.39, 0.29) is 12.4 Å². The van der Waals surface area contributed by atoms with Gasteiger partial charge in [-0.25, -0.2) is 4.39 Å². The van der Waals surface area contributed by atoms with Crippen molar-refractivity contribution in [3.63, 3.8) is 0 Å². The molecule has 0 aliphatic heterocycles. The van der Waals surface area contributed by atoms with Crippen molar-refractivity contribution in [2.75, 3.05) is 0 Å². The molecule has 5 nitrogen and oxygen atoms in total. The fraction of sp³-hybridized carbons (Fsp3) is 0.0833. The van der Waals surface area contributed by atoms with E-state index in [9.17, 15) is 4.39 Å². The summed E-state index contributed by atoms with van der Waals surface area (Å²) in [5.41, 5.74) is 7.74. The Balaban J connectivity index is 2.14. The Morgan fingerprint density at radius 2 is 1.83 bits per heavy atom. The highest BCUT2D eigenvalue weighted by molar-refractivity contribution is 5.60. The SMILES string of the molecule is NCc1nnc2ccc(-c3ccc(F)cc3)nn12. The van der Waals surface area contributed by atoms with Crippen molar-refractivity contribution in [2.24, 2.45) is 5.73 Å². The molecule has 0 bridgehead atoms. The molecule has 0 aliphatic rings. The van der Waals surface area contributed by atoms with Gasteiger partial charge in [0.05, 0.1) is 12.2 Å². The van der Waals surface area contributed by atoms with E-state index in [0.717, 1.165) is 11.3 Å². The summed E-state index contributed by atoms with van der Waals surface area (Å²) in [5, 5.41) is 12.3. The highest BCUT2D eigenvalue weighted by Gasteiger charge is 2.07. The number of hydrogen-bond acceptors (Lipinski definition) is 4. The van der Waals surface area contributed by atoms with Gasteiger partial charge >= 0.3 is 0 Å². The second-order valence-corrected chi connectivity index (χ2v) is 3.82. The van der Waals surface area contributed by atoms with Crippen LogP contribution in [0.2, 0.25) is 0 Å². The van der Waals surface area contributed by atoms with E-state index in [2.05, 4.69) is 15.3 Å². The van der Waals surface area contributed by atoms with Crippen molar-refractivity contribution in [3.8, 4) is 11.3 Å². The molecule has 2 aromatic heterocycles. The van der Waals surface area contributed by atoms with Crippen molar-refractivity contribution >= 4 is 5.65 Å². The summed E-state index contributed by atoms with van der Waals surface area (Å²) < 4.78 is 14.5. The molecule has 3 rings (SSSR count). The average Bonchev–Trinajstić information content (AvgIpc) is 2.81. The molecule has 0 saturated heterocycles. The molecule has 1 aromatic carbocycles. The van der Waals surface area contributed by atoms with Gasteiger partial charge in [-0.1, -0.05) is 0 Å². The standard InChI is InChI=1S/C12H10FN5/c13-9-3-1-8(2-4-9)10-5-6-11-15-16-12(7-14)18(11)17-10/h1-6H,7,14H2. The highest BCUT2D eigenvalue weighted by atomic mass is 19.1. The summed E-state index contributed by atoms with van der Waals surface area (Å²) in [6.45, 7) is 0.265. The van der Waals surface area contributed by atoms with Crippen LogP contribution < -0.4 is 5.73 Å². The molecule has 3 aromatic rings. The zero-order chi connectivity index (χ0) is 12.5. The Morgan fingerprint density at radius 3 is 2.56 bits per heavy atom. The summed E-state index contributed by atoms with van der Waals surface area (Å²) in [4.78, 5) is 0. The van der Waals surface area contributed by atoms with Crippen molar-refractivity contribution < 1.29 is 4.39 Å². The first-order valence-corrected chi connectivity index (χ1v) is 5.45. The minimum absolute atomic E-state index is 0.265. The number of aromatic nitrogens is 4. The van der Waals surface area contributed by atoms with E-state index in [1.807, 2.05) is 6.07 Å². The number of fused-ring (bicyclic) bond motifs is 1. The van der Waals surface area contributed by atoms with Gasteiger partial charge in [-0.3, -0.25) is 0 Å². The molecular formula is C12H10FN5. The molecular weight excluding hydrogens is 233 g/mol. The van der Waals surface area contributed by atoms with Crippen LogP contribution in [0.4, 0.5) is 4.39 Å². The van der Waals surface area contributed by atoms with Crippen LogP contribution in [0.1, 0.15) is 5.82 Å². The topological polar surface area (TPSA) is 69.1 Å². The Kier molecular flexibility index (Phi) is 2.49. The molecule has 0 atom stereocenters. The summed E-state index contributed by atoms with van der Waals surface area (Å²) in [6, 6.07) is 9.77. The summed E-state index contributed by atoms with van der Waals surface area (Å²) in [5.74, 6) is 0.320. The maximum atomic E-state index is 12.9. The van der Waals surface area contributed by atoms with Gasteiger partial charge in [-0.15, -0.1) is 10.2 Å². The monoisotopic (exact) mass is 243 g/mol. The molecule has 0 saturated carbocycles. The zero-order valence-corrected chi connectivity index (χ0v) is 9.42. The zero-order valence-electron chi connectivity index (χ0n) is 9.42. The molecule has 18 heavy (non-hydrogen) atoms. The van der Waals surface area contributed by atoms with Crippen LogP contribution in [-0.4, -0.2) is 19.8 Å². The Hall–Kier alpha value is -2.34. The third-order valence-electron chi connectivity index (χ3n) is 2.65. The van der Waals surface area contributed by atoms with E-state index < -0.39 is 0 Å². The normalized spacial score (nSPS) is 11.0. The van der Waals surface area contributed by atoms with Crippen LogP contribution in [0, 0.1) is 5.82 Å². The van der Waals surface area contributed by atoms with Gasteiger partial charge < -0.3 is 5.73 Å². The highest BCUT2D eigenvalue weighted by Crippen LogP contribution is 2.17. The molecule has 0 spiro atoms. The lowest BCUT2D eigenvalue weighted by molar-refractivity contribution is 0.628. The third kappa shape index (κ3) is 1.72. The Labute approximate surface area is 102 Å². The summed E-state index contributed by atoms with van der Waals surface area (Å²) in [6.07, 6.45) is 0. The van der Waals surface area contributed by atoms with Crippen molar-refractivity contribution in [1.29, 1.82) is 0 Å². The van der Waals surface area contributed by atoms with Crippen LogP contribution in [0.25, 0.3) is 16.9 Å². The van der Waals surface area contributed by atoms with E-state index >= 15 is 0 Å². The molecule has 2 heterocycles. The number of rotatable bonds is 2. The summed E-state index contributed by atoms with van der Waals surface area (Å²) in [7, 11) is 0. The number of hydrogen-bond donors (Lipinski definition) is 1. The van der Waals surface area contributed by atoms with Crippen LogP contribution >= 0.6 is 0 Å². The Morgan fingerprint density at radius 1 is 1.06 bits per heavy atom. The molecule has 6 heteroatoms. The average molecular weight is 243 g/mol. The van der Waals surface area contributed by atoms with Crippen molar-refractivity contribution in [1.82, 2.24) is 19.8 Å². The lowest BCUT2D eigenvalue weighted by atomic mass is 10.1. The molecule has 90 valence electrons. The van der Waals surface area contributed by atoms with Gasteiger partial charge in [0.15, 0.2) is 11.5 Å². The molecule has 0 unspecified atom stereocenters. The first-order valence-electron chi connectivity index (χ1n) is 5.45. The quantitative estimate of drug-likeness (QED) is 0.738. The van der Waals surface area contributed by atoms with Crippen molar-refractivity contribution in [2.45, 2.75) is 6.54 Å². The van der Waals surface area contributed by atoms with E-state index in [0.29, 0.717) is 11.5 Å². The largest absolute Gasteiger partial charge is 0.324 e. The lowest BCUT2D eigenvalue weighted by Gasteiger charge is -2.02. The maximum absolute atomic E-state index is 12.9. The van der Waals surface area contributed by atoms with Crippen molar-refractivity contribution in [3.05, 3.63) is 48.0 Å². The van der Waals surface area contributed by atoms with E-state index in [1.165, 1.54) is 12.1 Å². The second kappa shape index (κ2) is 4.15. The number of nitrogens with two attached hydrogens (primary N) is 1. The van der Waals surface area contributed by atoms with Crippen LogP contribution in [0.3, 0.4) is 0 Å². The van der Waals surface area contributed by atoms with Gasteiger partial charge in [-0.2, -0.15) is 9.61 Å². The number of benzene rings is 1. The summed E-state index contributed by atoms with van der Waals surface area (Å²) >= 11 is 0.